The Balaban J connectivity index is 2.31. The van der Waals surface area contributed by atoms with Gasteiger partial charge in [0.1, 0.15) is 5.01 Å². The first-order valence-corrected chi connectivity index (χ1v) is 7.59. The van der Waals surface area contributed by atoms with Crippen molar-refractivity contribution in [1.29, 1.82) is 0 Å². The average molecular weight is 278 g/mol. The zero-order chi connectivity index (χ0) is 13.8. The molecule has 0 saturated heterocycles. The van der Waals surface area contributed by atoms with Crippen LogP contribution >= 0.6 is 11.3 Å². The van der Waals surface area contributed by atoms with Crippen LogP contribution in [0.5, 0.6) is 0 Å². The Morgan fingerprint density at radius 3 is 2.79 bits per heavy atom. The Morgan fingerprint density at radius 2 is 2.21 bits per heavy atom. The molecule has 104 valence electrons. The molecule has 0 aliphatic carbocycles. The second-order valence-corrected chi connectivity index (χ2v) is 6.24. The molecule has 0 atom stereocenters. The SMILES string of the molecule is CCNCc1sc(-c2cncn2C)nc1CC(C)C. The molecule has 5 heteroatoms. The maximum absolute atomic E-state index is 4.82. The third-order valence-electron chi connectivity index (χ3n) is 2.95. The van der Waals surface area contributed by atoms with Crippen molar-refractivity contribution in [2.75, 3.05) is 6.54 Å². The molecule has 2 aromatic heterocycles. The van der Waals surface area contributed by atoms with Gasteiger partial charge in [-0.3, -0.25) is 0 Å². The van der Waals surface area contributed by atoms with E-state index in [0.29, 0.717) is 5.92 Å². The summed E-state index contributed by atoms with van der Waals surface area (Å²) in [5, 5.41) is 4.47. The summed E-state index contributed by atoms with van der Waals surface area (Å²) in [4.78, 5) is 10.4. The third-order valence-corrected chi connectivity index (χ3v) is 4.07. The van der Waals surface area contributed by atoms with E-state index in [0.717, 1.165) is 30.2 Å². The summed E-state index contributed by atoms with van der Waals surface area (Å²) in [5.74, 6) is 0.627. The molecule has 0 spiro atoms. The van der Waals surface area contributed by atoms with Crippen LogP contribution in [0, 0.1) is 5.92 Å². The molecule has 0 radical (unpaired) electrons. The lowest BCUT2D eigenvalue weighted by Gasteiger charge is -2.04. The fraction of sp³-hybridized carbons (Fsp3) is 0.571. The van der Waals surface area contributed by atoms with Gasteiger partial charge >= 0.3 is 0 Å². The molecule has 0 aliphatic heterocycles. The number of hydrogen-bond acceptors (Lipinski definition) is 4. The topological polar surface area (TPSA) is 42.7 Å². The standard InChI is InChI=1S/C14H22N4S/c1-5-15-8-13-11(6-10(2)3)17-14(19-13)12-7-16-9-18(12)4/h7,9-10,15H,5-6,8H2,1-4H3. The second kappa shape index (κ2) is 6.30. The van der Waals surface area contributed by atoms with E-state index in [-0.39, 0.29) is 0 Å². The summed E-state index contributed by atoms with van der Waals surface area (Å²) < 4.78 is 2.02. The Morgan fingerprint density at radius 1 is 1.42 bits per heavy atom. The molecule has 1 N–H and O–H groups in total. The molecule has 2 heterocycles. The van der Waals surface area contributed by atoms with Gasteiger partial charge in [0.25, 0.3) is 0 Å². The number of thiazole rings is 1. The zero-order valence-corrected chi connectivity index (χ0v) is 12.9. The minimum atomic E-state index is 0.627. The molecular formula is C14H22N4S. The van der Waals surface area contributed by atoms with Gasteiger partial charge in [-0.2, -0.15) is 0 Å². The average Bonchev–Trinajstić information content (AvgIpc) is 2.92. The highest BCUT2D eigenvalue weighted by atomic mass is 32.1. The Kier molecular flexibility index (Phi) is 4.71. The lowest BCUT2D eigenvalue weighted by molar-refractivity contribution is 0.627. The van der Waals surface area contributed by atoms with Crippen LogP contribution in [0.25, 0.3) is 10.7 Å². The van der Waals surface area contributed by atoms with Crippen LogP contribution in [0.4, 0.5) is 0 Å². The van der Waals surface area contributed by atoms with Gasteiger partial charge in [0, 0.05) is 18.5 Å². The van der Waals surface area contributed by atoms with Crippen molar-refractivity contribution in [1.82, 2.24) is 19.9 Å². The molecule has 4 nitrogen and oxygen atoms in total. The summed E-state index contributed by atoms with van der Waals surface area (Å²) in [6.45, 7) is 8.50. The molecule has 0 amide bonds. The van der Waals surface area contributed by atoms with Crippen molar-refractivity contribution >= 4 is 11.3 Å². The molecule has 2 rings (SSSR count). The van der Waals surface area contributed by atoms with Gasteiger partial charge in [-0.05, 0) is 18.9 Å². The Hall–Kier alpha value is -1.20. The van der Waals surface area contributed by atoms with Gasteiger partial charge in [-0.25, -0.2) is 9.97 Å². The summed E-state index contributed by atoms with van der Waals surface area (Å²) >= 11 is 1.78. The van der Waals surface area contributed by atoms with E-state index in [9.17, 15) is 0 Å². The van der Waals surface area contributed by atoms with E-state index in [1.54, 1.807) is 11.3 Å². The van der Waals surface area contributed by atoms with Crippen LogP contribution in [0.15, 0.2) is 12.5 Å². The zero-order valence-electron chi connectivity index (χ0n) is 12.1. The molecule has 0 aromatic carbocycles. The second-order valence-electron chi connectivity index (χ2n) is 5.16. The maximum Gasteiger partial charge on any atom is 0.142 e. The van der Waals surface area contributed by atoms with E-state index >= 15 is 0 Å². The van der Waals surface area contributed by atoms with Crippen molar-refractivity contribution in [3.05, 3.63) is 23.1 Å². The summed E-state index contributed by atoms with van der Waals surface area (Å²) in [5.41, 5.74) is 2.33. The molecule has 0 bridgehead atoms. The first-order valence-electron chi connectivity index (χ1n) is 6.77. The molecule has 0 aliphatic rings. The lowest BCUT2D eigenvalue weighted by Crippen LogP contribution is -2.12. The predicted octanol–water partition coefficient (Wildman–Crippen LogP) is 2.85. The summed E-state index contributed by atoms with van der Waals surface area (Å²) in [6, 6.07) is 0. The van der Waals surface area contributed by atoms with Gasteiger partial charge in [-0.15, -0.1) is 11.3 Å². The molecule has 0 fully saturated rings. The van der Waals surface area contributed by atoms with Gasteiger partial charge in [-0.1, -0.05) is 20.8 Å². The van der Waals surface area contributed by atoms with E-state index in [2.05, 4.69) is 31.1 Å². The van der Waals surface area contributed by atoms with Crippen LogP contribution in [-0.2, 0) is 20.0 Å². The largest absolute Gasteiger partial charge is 0.332 e. The van der Waals surface area contributed by atoms with Crippen LogP contribution in [0.1, 0.15) is 31.3 Å². The van der Waals surface area contributed by atoms with Gasteiger partial charge < -0.3 is 9.88 Å². The monoisotopic (exact) mass is 278 g/mol. The minimum Gasteiger partial charge on any atom is -0.332 e. The first kappa shape index (κ1) is 14.2. The highest BCUT2D eigenvalue weighted by Gasteiger charge is 2.15. The molecule has 0 saturated carbocycles. The Labute approximate surface area is 118 Å². The number of nitrogens with one attached hydrogen (secondary N) is 1. The van der Waals surface area contributed by atoms with Gasteiger partial charge in [0.2, 0.25) is 0 Å². The lowest BCUT2D eigenvalue weighted by atomic mass is 10.1. The number of hydrogen-bond donors (Lipinski definition) is 1. The van der Waals surface area contributed by atoms with Crippen LogP contribution in [0.2, 0.25) is 0 Å². The normalized spacial score (nSPS) is 11.4. The van der Waals surface area contributed by atoms with Gasteiger partial charge in [0.15, 0.2) is 0 Å². The molecular weight excluding hydrogens is 256 g/mol. The number of rotatable bonds is 6. The van der Waals surface area contributed by atoms with Crippen molar-refractivity contribution in [3.8, 4) is 10.7 Å². The van der Waals surface area contributed by atoms with E-state index < -0.39 is 0 Å². The summed E-state index contributed by atoms with van der Waals surface area (Å²) in [6.07, 6.45) is 4.74. The quantitative estimate of drug-likeness (QED) is 0.883. The third kappa shape index (κ3) is 3.42. The Bertz CT molecular complexity index is 527. The van der Waals surface area contributed by atoms with Crippen molar-refractivity contribution in [3.63, 3.8) is 0 Å². The van der Waals surface area contributed by atoms with E-state index in [4.69, 9.17) is 4.98 Å². The molecule has 2 aromatic rings. The van der Waals surface area contributed by atoms with Gasteiger partial charge in [0.05, 0.1) is 23.9 Å². The fourth-order valence-corrected chi connectivity index (χ4v) is 3.09. The van der Waals surface area contributed by atoms with Crippen molar-refractivity contribution in [2.24, 2.45) is 13.0 Å². The number of imidazole rings is 1. The molecule has 0 unspecified atom stereocenters. The van der Waals surface area contributed by atoms with Crippen LogP contribution in [0.3, 0.4) is 0 Å². The highest BCUT2D eigenvalue weighted by molar-refractivity contribution is 7.15. The first-order chi connectivity index (χ1) is 9.11. The molecule has 19 heavy (non-hydrogen) atoms. The van der Waals surface area contributed by atoms with Crippen LogP contribution < -0.4 is 5.32 Å². The number of aryl methyl sites for hydroxylation is 1. The maximum atomic E-state index is 4.82. The van der Waals surface area contributed by atoms with E-state index in [1.807, 2.05) is 24.1 Å². The number of aromatic nitrogens is 3. The highest BCUT2D eigenvalue weighted by Crippen LogP contribution is 2.29. The predicted molar refractivity (Wildman–Crippen MR) is 80.2 cm³/mol. The van der Waals surface area contributed by atoms with Crippen LogP contribution in [-0.4, -0.2) is 21.1 Å². The van der Waals surface area contributed by atoms with Crippen molar-refractivity contribution in [2.45, 2.75) is 33.7 Å². The fourth-order valence-electron chi connectivity index (χ4n) is 1.98. The van der Waals surface area contributed by atoms with Crippen molar-refractivity contribution < 1.29 is 0 Å². The number of nitrogens with zero attached hydrogens (tertiary/aromatic N) is 3. The summed E-state index contributed by atoms with van der Waals surface area (Å²) in [7, 11) is 2.01. The smallest absolute Gasteiger partial charge is 0.142 e. The minimum absolute atomic E-state index is 0.627. The van der Waals surface area contributed by atoms with E-state index in [1.165, 1.54) is 10.6 Å².